The van der Waals surface area contributed by atoms with E-state index in [9.17, 15) is 10.2 Å². The molecule has 2 saturated carbocycles. The van der Waals surface area contributed by atoms with E-state index < -0.39 is 12.2 Å². The number of nitrogens with zero attached hydrogens (tertiary/aromatic N) is 2. The number of H-pyrrole nitrogens is 2. The average molecular weight is 653 g/mol. The molecule has 0 radical (unpaired) electrons. The second-order valence-corrected chi connectivity index (χ2v) is 15.3. The predicted molar refractivity (Wildman–Crippen MR) is 190 cm³/mol. The maximum atomic E-state index is 11.2. The molecule has 8 nitrogen and oxygen atoms in total. The van der Waals surface area contributed by atoms with Gasteiger partial charge in [0.2, 0.25) is 0 Å². The molecule has 46 heavy (non-hydrogen) atoms. The minimum absolute atomic E-state index is 0.517. The Morgan fingerprint density at radius 2 is 1.07 bits per heavy atom. The van der Waals surface area contributed by atoms with Crippen molar-refractivity contribution in [3.8, 4) is 21.4 Å². The number of fused-ring (bicyclic) bond motifs is 2. The van der Waals surface area contributed by atoms with Crippen LogP contribution in [-0.4, -0.2) is 42.2 Å². The first kappa shape index (κ1) is 29.7. The first-order valence-electron chi connectivity index (χ1n) is 16.5. The highest BCUT2D eigenvalue weighted by atomic mass is 32.1. The van der Waals surface area contributed by atoms with Gasteiger partial charge in [-0.05, 0) is 87.1 Å². The predicted octanol–water partition coefficient (Wildman–Crippen LogP) is 8.99. The van der Waals surface area contributed by atoms with Crippen molar-refractivity contribution in [2.45, 2.75) is 89.5 Å². The van der Waals surface area contributed by atoms with Crippen LogP contribution >= 0.6 is 22.7 Å². The van der Waals surface area contributed by atoms with Gasteiger partial charge in [0.15, 0.2) is 0 Å². The Labute approximate surface area is 276 Å². The van der Waals surface area contributed by atoms with Crippen LogP contribution in [0.3, 0.4) is 0 Å². The molecule has 4 aromatic heterocycles. The molecule has 0 bridgehead atoms. The number of aromatic amines is 2. The molecular weight excluding hydrogens is 613 g/mol. The lowest BCUT2D eigenvalue weighted by atomic mass is 10.1. The van der Waals surface area contributed by atoms with Gasteiger partial charge in [-0.3, -0.25) is 0 Å². The molecule has 10 heteroatoms. The molecule has 0 aliphatic heterocycles. The third-order valence-electron chi connectivity index (χ3n) is 9.57. The number of benzene rings is 2. The molecule has 6 N–H and O–H groups in total. The van der Waals surface area contributed by atoms with Gasteiger partial charge in [-0.1, -0.05) is 25.7 Å². The van der Waals surface area contributed by atoms with Gasteiger partial charge in [0.25, 0.3) is 0 Å². The molecular formula is C36H40N6O2S2. The van der Waals surface area contributed by atoms with Crippen molar-refractivity contribution in [2.24, 2.45) is 0 Å². The third kappa shape index (κ3) is 5.72. The maximum Gasteiger partial charge on any atom is 0.139 e. The lowest BCUT2D eigenvalue weighted by molar-refractivity contribution is 0.0214. The second-order valence-electron chi connectivity index (χ2n) is 13.2. The summed E-state index contributed by atoms with van der Waals surface area (Å²) < 4.78 is 0. The fraction of sp³-hybridized carbons (Fsp3) is 0.389. The molecule has 2 unspecified atom stereocenters. The first-order chi connectivity index (χ1) is 22.4. The Balaban J connectivity index is 1.01. The van der Waals surface area contributed by atoms with E-state index in [1.165, 1.54) is 85.2 Å². The van der Waals surface area contributed by atoms with Crippen molar-refractivity contribution in [3.63, 3.8) is 0 Å². The summed E-state index contributed by atoms with van der Waals surface area (Å²) in [5, 5.41) is 33.8. The number of aromatic nitrogens is 4. The summed E-state index contributed by atoms with van der Waals surface area (Å²) in [6.07, 6.45) is 11.1. The lowest BCUT2D eigenvalue weighted by Gasteiger charge is -2.15. The Hall–Kier alpha value is -3.70. The summed E-state index contributed by atoms with van der Waals surface area (Å²) in [6.45, 7) is 4.25. The summed E-state index contributed by atoms with van der Waals surface area (Å²) in [6, 6.07) is 14.1. The quantitative estimate of drug-likeness (QED) is 0.0927. The topological polar surface area (TPSA) is 122 Å². The largest absolute Gasteiger partial charge is 0.384 e. The van der Waals surface area contributed by atoms with Crippen molar-refractivity contribution in [3.05, 3.63) is 69.7 Å². The molecule has 2 aliphatic carbocycles. The van der Waals surface area contributed by atoms with Crippen molar-refractivity contribution in [1.29, 1.82) is 0 Å². The van der Waals surface area contributed by atoms with E-state index in [-0.39, 0.29) is 0 Å². The zero-order valence-corrected chi connectivity index (χ0v) is 27.8. The fourth-order valence-electron chi connectivity index (χ4n) is 7.23. The number of aliphatic hydroxyl groups excluding tert-OH is 2. The highest BCUT2D eigenvalue weighted by Crippen LogP contribution is 2.40. The van der Waals surface area contributed by atoms with Gasteiger partial charge >= 0.3 is 0 Å². The molecule has 2 aromatic carbocycles. The first-order valence-corrected chi connectivity index (χ1v) is 18.1. The molecule has 2 atom stereocenters. The van der Waals surface area contributed by atoms with Crippen molar-refractivity contribution >= 4 is 55.9 Å². The summed E-state index contributed by atoms with van der Waals surface area (Å²) in [5.41, 5.74) is 8.66. The summed E-state index contributed by atoms with van der Waals surface area (Å²) in [7, 11) is 0. The van der Waals surface area contributed by atoms with Crippen LogP contribution in [0.5, 0.6) is 0 Å². The molecule has 2 aliphatic rings. The Morgan fingerprint density at radius 1 is 0.652 bits per heavy atom. The zero-order valence-electron chi connectivity index (χ0n) is 26.2. The number of anilines is 2. The number of nitrogens with one attached hydrogen (secondary N) is 4. The normalized spacial score (nSPS) is 17.4. The van der Waals surface area contributed by atoms with E-state index in [4.69, 9.17) is 0 Å². The van der Waals surface area contributed by atoms with Crippen molar-refractivity contribution < 1.29 is 10.2 Å². The molecule has 2 fully saturated rings. The van der Waals surface area contributed by atoms with Gasteiger partial charge in [-0.25, -0.2) is 9.97 Å². The van der Waals surface area contributed by atoms with Crippen LogP contribution in [0.2, 0.25) is 0 Å². The third-order valence-corrected chi connectivity index (χ3v) is 11.8. The molecule has 0 amide bonds. The molecule has 0 saturated heterocycles. The van der Waals surface area contributed by atoms with E-state index in [0.29, 0.717) is 21.8 Å². The smallest absolute Gasteiger partial charge is 0.139 e. The Kier molecular flexibility index (Phi) is 7.84. The van der Waals surface area contributed by atoms with Gasteiger partial charge < -0.3 is 30.8 Å². The van der Waals surface area contributed by atoms with Gasteiger partial charge in [0, 0.05) is 35.2 Å². The number of thiazole rings is 2. The van der Waals surface area contributed by atoms with E-state index >= 15 is 0 Å². The van der Waals surface area contributed by atoms with E-state index in [1.807, 2.05) is 0 Å². The minimum Gasteiger partial charge on any atom is -0.384 e. The van der Waals surface area contributed by atoms with E-state index in [1.54, 1.807) is 12.4 Å². The van der Waals surface area contributed by atoms with Crippen LogP contribution in [0.25, 0.3) is 43.2 Å². The van der Waals surface area contributed by atoms with Crippen LogP contribution < -0.4 is 10.6 Å². The van der Waals surface area contributed by atoms with Crippen LogP contribution in [0.4, 0.5) is 11.4 Å². The monoisotopic (exact) mass is 652 g/mol. The zero-order chi connectivity index (χ0) is 31.4. The lowest BCUT2D eigenvalue weighted by Crippen LogP contribution is -2.14. The highest BCUT2D eigenvalue weighted by molar-refractivity contribution is 7.15. The summed E-state index contributed by atoms with van der Waals surface area (Å²) in [5.74, 6) is 0. The van der Waals surface area contributed by atoms with E-state index in [0.717, 1.165) is 54.6 Å². The number of rotatable bonds is 9. The van der Waals surface area contributed by atoms with Crippen LogP contribution in [0.1, 0.15) is 84.5 Å². The maximum absolute atomic E-state index is 11.2. The van der Waals surface area contributed by atoms with Crippen LogP contribution in [-0.2, 0) is 0 Å². The van der Waals surface area contributed by atoms with Gasteiger partial charge in [0.1, 0.15) is 22.2 Å². The number of hydrogen-bond acceptors (Lipinski definition) is 8. The standard InChI is InChI=1S/C36H40N6O2S2/c1-19-11-21-15-27(41-31(21)25(13-19)39-23-7-3-4-8-23)35-37-17-29(45-35)33(43)34(44)30-18-38-36(46-30)28-16-22-12-20(2)14-26(32(22)42-28)40-24-9-5-6-10-24/h11-18,23-24,33-34,39-44H,3-10H2,1-2H3. The SMILES string of the molecule is Cc1cc(NC2CCCC2)c2[nH]c(-c3ncc(C(O)C(O)c4cnc(-c5cc6cc(C)cc(NC7CCCC7)c6[nH]5)s4)s3)cc2c1. The molecule has 0 spiro atoms. The summed E-state index contributed by atoms with van der Waals surface area (Å²) in [4.78, 5) is 17.7. The number of aliphatic hydroxyl groups is 2. The van der Waals surface area contributed by atoms with Gasteiger partial charge in [-0.2, -0.15) is 0 Å². The number of aryl methyl sites for hydroxylation is 2. The Bertz CT molecular complexity index is 1870. The summed E-state index contributed by atoms with van der Waals surface area (Å²) >= 11 is 2.79. The Morgan fingerprint density at radius 3 is 1.48 bits per heavy atom. The van der Waals surface area contributed by atoms with Gasteiger partial charge in [0.05, 0.1) is 43.6 Å². The molecule has 238 valence electrons. The van der Waals surface area contributed by atoms with Crippen LogP contribution in [0.15, 0.2) is 48.8 Å². The molecule has 6 aromatic rings. The van der Waals surface area contributed by atoms with Crippen molar-refractivity contribution in [1.82, 2.24) is 19.9 Å². The van der Waals surface area contributed by atoms with Gasteiger partial charge in [-0.15, -0.1) is 22.7 Å². The average Bonchev–Trinajstić information content (AvgIpc) is 3.87. The minimum atomic E-state index is -1.11. The van der Waals surface area contributed by atoms with E-state index in [2.05, 4.69) is 80.8 Å². The second kappa shape index (κ2) is 12.2. The van der Waals surface area contributed by atoms with Crippen LogP contribution in [0, 0.1) is 13.8 Å². The van der Waals surface area contributed by atoms with Crippen molar-refractivity contribution in [2.75, 3.05) is 10.6 Å². The number of hydrogen-bond donors (Lipinski definition) is 6. The highest BCUT2D eigenvalue weighted by Gasteiger charge is 2.26. The molecule has 4 heterocycles. The molecule has 8 rings (SSSR count). The fourth-order valence-corrected chi connectivity index (χ4v) is 9.04.